The van der Waals surface area contributed by atoms with Gasteiger partial charge in [0.1, 0.15) is 5.60 Å². The minimum atomic E-state index is -1.02. The van der Waals surface area contributed by atoms with Gasteiger partial charge < -0.3 is 10.2 Å². The summed E-state index contributed by atoms with van der Waals surface area (Å²) in [5.74, 6) is 0. The Balaban J connectivity index is 2.30. The van der Waals surface area contributed by atoms with Crippen molar-refractivity contribution >= 4 is 0 Å². The summed E-state index contributed by atoms with van der Waals surface area (Å²) in [5, 5.41) is 20.4. The molecule has 1 aromatic rings. The Bertz CT molecular complexity index is 331. The number of hydrogen-bond donors (Lipinski definition) is 2. The van der Waals surface area contributed by atoms with E-state index in [1.165, 1.54) is 5.56 Å². The van der Waals surface area contributed by atoms with E-state index in [4.69, 9.17) is 0 Å². The molecule has 2 rings (SSSR count). The normalized spacial score (nSPS) is 31.5. The highest BCUT2D eigenvalue weighted by Gasteiger charge is 2.39. The van der Waals surface area contributed by atoms with Gasteiger partial charge in [0.15, 0.2) is 0 Å². The number of aliphatic hydroxyl groups is 2. The van der Waals surface area contributed by atoms with Gasteiger partial charge in [0.2, 0.25) is 0 Å². The van der Waals surface area contributed by atoms with Crippen LogP contribution in [0.25, 0.3) is 0 Å². The van der Waals surface area contributed by atoms with Crippen LogP contribution >= 0.6 is 0 Å². The highest BCUT2D eigenvalue weighted by Crippen LogP contribution is 2.37. The Labute approximate surface area is 90.6 Å². The van der Waals surface area contributed by atoms with Crippen molar-refractivity contribution in [3.8, 4) is 0 Å². The van der Waals surface area contributed by atoms with E-state index in [1.807, 2.05) is 31.2 Å². The van der Waals surface area contributed by atoms with E-state index in [0.717, 1.165) is 18.4 Å². The Morgan fingerprint density at radius 3 is 2.47 bits per heavy atom. The van der Waals surface area contributed by atoms with Crippen molar-refractivity contribution in [3.05, 3.63) is 35.4 Å². The predicted octanol–water partition coefficient (Wildman–Crippen LogP) is 2.12. The van der Waals surface area contributed by atoms with Crippen LogP contribution in [-0.2, 0) is 5.60 Å². The van der Waals surface area contributed by atoms with E-state index in [1.54, 1.807) is 0 Å². The molecular weight excluding hydrogens is 188 g/mol. The summed E-state index contributed by atoms with van der Waals surface area (Å²) in [5.41, 5.74) is 0.999. The largest absolute Gasteiger partial charge is 0.390 e. The number of aliphatic hydroxyl groups excluding tert-OH is 1. The molecule has 0 radical (unpaired) electrons. The summed E-state index contributed by atoms with van der Waals surface area (Å²) >= 11 is 0. The molecule has 1 aromatic carbocycles. The molecule has 2 atom stereocenters. The van der Waals surface area contributed by atoms with Crippen molar-refractivity contribution in [1.29, 1.82) is 0 Å². The summed E-state index contributed by atoms with van der Waals surface area (Å²) in [6.07, 6.45) is 2.74. The topological polar surface area (TPSA) is 40.5 Å². The lowest BCUT2D eigenvalue weighted by atomic mass is 9.77. The molecule has 0 bridgehead atoms. The van der Waals surface area contributed by atoms with Crippen molar-refractivity contribution in [3.63, 3.8) is 0 Å². The molecule has 0 aromatic heterocycles. The SMILES string of the molecule is Cc1ccc([C@]2(O)CCCC[C@@H]2O)cc1. The summed E-state index contributed by atoms with van der Waals surface area (Å²) in [6, 6.07) is 7.80. The molecular formula is C13H18O2. The van der Waals surface area contributed by atoms with Crippen molar-refractivity contribution in [2.24, 2.45) is 0 Å². The first kappa shape index (κ1) is 10.7. The van der Waals surface area contributed by atoms with Crippen LogP contribution in [0.3, 0.4) is 0 Å². The fraction of sp³-hybridized carbons (Fsp3) is 0.538. The average Bonchev–Trinajstić information content (AvgIpc) is 2.23. The molecule has 1 saturated carbocycles. The zero-order chi connectivity index (χ0) is 10.9. The fourth-order valence-electron chi connectivity index (χ4n) is 2.32. The molecule has 0 amide bonds. The molecule has 2 heteroatoms. The van der Waals surface area contributed by atoms with Gasteiger partial charge in [-0.25, -0.2) is 0 Å². The smallest absolute Gasteiger partial charge is 0.115 e. The highest BCUT2D eigenvalue weighted by molar-refractivity contribution is 5.28. The highest BCUT2D eigenvalue weighted by atomic mass is 16.3. The van der Waals surface area contributed by atoms with Crippen LogP contribution in [0.1, 0.15) is 36.8 Å². The van der Waals surface area contributed by atoms with Gasteiger partial charge in [0.05, 0.1) is 6.10 Å². The summed E-state index contributed by atoms with van der Waals surface area (Å²) in [6.45, 7) is 2.02. The Kier molecular flexibility index (Phi) is 2.81. The first-order valence-electron chi connectivity index (χ1n) is 5.60. The van der Waals surface area contributed by atoms with E-state index in [9.17, 15) is 10.2 Å². The number of aryl methyl sites for hydroxylation is 1. The molecule has 0 heterocycles. The number of rotatable bonds is 1. The lowest BCUT2D eigenvalue weighted by Crippen LogP contribution is -2.42. The number of hydrogen-bond acceptors (Lipinski definition) is 2. The lowest BCUT2D eigenvalue weighted by Gasteiger charge is -2.37. The molecule has 2 nitrogen and oxygen atoms in total. The molecule has 0 unspecified atom stereocenters. The van der Waals surface area contributed by atoms with Gasteiger partial charge >= 0.3 is 0 Å². The first-order valence-corrected chi connectivity index (χ1v) is 5.60. The van der Waals surface area contributed by atoms with Gasteiger partial charge in [-0.1, -0.05) is 42.7 Å². The zero-order valence-electron chi connectivity index (χ0n) is 9.11. The summed E-state index contributed by atoms with van der Waals surface area (Å²) in [7, 11) is 0. The maximum absolute atomic E-state index is 10.5. The maximum atomic E-state index is 10.5. The molecule has 82 valence electrons. The third-order valence-corrected chi connectivity index (χ3v) is 3.39. The second kappa shape index (κ2) is 3.95. The van der Waals surface area contributed by atoms with E-state index in [0.29, 0.717) is 12.8 Å². The molecule has 15 heavy (non-hydrogen) atoms. The van der Waals surface area contributed by atoms with E-state index >= 15 is 0 Å². The minimum absolute atomic E-state index is 0.617. The summed E-state index contributed by atoms with van der Waals surface area (Å²) in [4.78, 5) is 0. The quantitative estimate of drug-likeness (QED) is 0.739. The fourth-order valence-corrected chi connectivity index (χ4v) is 2.32. The Morgan fingerprint density at radius 1 is 1.20 bits per heavy atom. The van der Waals surface area contributed by atoms with E-state index in [-0.39, 0.29) is 0 Å². The van der Waals surface area contributed by atoms with Crippen LogP contribution in [0.2, 0.25) is 0 Å². The van der Waals surface area contributed by atoms with Gasteiger partial charge in [-0.05, 0) is 25.3 Å². The van der Waals surface area contributed by atoms with Crippen molar-refractivity contribution in [2.45, 2.75) is 44.3 Å². The molecule has 0 aliphatic heterocycles. The molecule has 1 aliphatic carbocycles. The summed E-state index contributed by atoms with van der Waals surface area (Å²) < 4.78 is 0. The second-order valence-corrected chi connectivity index (χ2v) is 4.55. The van der Waals surface area contributed by atoms with Crippen LogP contribution in [-0.4, -0.2) is 16.3 Å². The third-order valence-electron chi connectivity index (χ3n) is 3.39. The van der Waals surface area contributed by atoms with Crippen molar-refractivity contribution < 1.29 is 10.2 Å². The molecule has 0 spiro atoms. The standard InChI is InChI=1S/C13H18O2/c1-10-5-7-11(8-6-10)13(15)9-3-2-4-12(13)14/h5-8,12,14-15H,2-4,9H2,1H3/t12-,13+/m0/s1. The van der Waals surface area contributed by atoms with Crippen LogP contribution in [0.5, 0.6) is 0 Å². The van der Waals surface area contributed by atoms with Gasteiger partial charge in [-0.15, -0.1) is 0 Å². The van der Waals surface area contributed by atoms with Gasteiger partial charge in [-0.2, -0.15) is 0 Å². The van der Waals surface area contributed by atoms with Gasteiger partial charge in [0.25, 0.3) is 0 Å². The average molecular weight is 206 g/mol. The molecule has 1 fully saturated rings. The first-order chi connectivity index (χ1) is 7.13. The van der Waals surface area contributed by atoms with Crippen LogP contribution in [0.4, 0.5) is 0 Å². The third kappa shape index (κ3) is 1.92. The van der Waals surface area contributed by atoms with Gasteiger partial charge in [0, 0.05) is 0 Å². The lowest BCUT2D eigenvalue weighted by molar-refractivity contribution is -0.106. The van der Waals surface area contributed by atoms with E-state index in [2.05, 4.69) is 0 Å². The van der Waals surface area contributed by atoms with Crippen molar-refractivity contribution in [1.82, 2.24) is 0 Å². The van der Waals surface area contributed by atoms with Gasteiger partial charge in [-0.3, -0.25) is 0 Å². The molecule has 0 saturated heterocycles. The van der Waals surface area contributed by atoms with Crippen LogP contribution < -0.4 is 0 Å². The second-order valence-electron chi connectivity index (χ2n) is 4.55. The van der Waals surface area contributed by atoms with Crippen LogP contribution in [0, 0.1) is 6.92 Å². The monoisotopic (exact) mass is 206 g/mol. The predicted molar refractivity (Wildman–Crippen MR) is 59.6 cm³/mol. The zero-order valence-corrected chi connectivity index (χ0v) is 9.11. The Morgan fingerprint density at radius 2 is 1.87 bits per heavy atom. The minimum Gasteiger partial charge on any atom is -0.390 e. The number of benzene rings is 1. The Hall–Kier alpha value is -0.860. The molecule has 2 N–H and O–H groups in total. The van der Waals surface area contributed by atoms with Crippen LogP contribution in [0.15, 0.2) is 24.3 Å². The van der Waals surface area contributed by atoms with Crippen molar-refractivity contribution in [2.75, 3.05) is 0 Å². The maximum Gasteiger partial charge on any atom is 0.115 e. The molecule has 1 aliphatic rings. The van der Waals surface area contributed by atoms with E-state index < -0.39 is 11.7 Å².